The quantitative estimate of drug-likeness (QED) is 0.499. The van der Waals surface area contributed by atoms with Gasteiger partial charge in [-0.15, -0.1) is 5.10 Å². The van der Waals surface area contributed by atoms with E-state index in [0.29, 0.717) is 61.8 Å². The van der Waals surface area contributed by atoms with E-state index in [0.717, 1.165) is 16.7 Å². The van der Waals surface area contributed by atoms with E-state index in [9.17, 15) is 4.79 Å². The number of ether oxygens (including phenoxy) is 1. The molecule has 1 aliphatic heterocycles. The largest absolute Gasteiger partial charge is 0.384 e. The molecule has 5 rings (SSSR count). The number of hydrogen-bond donors (Lipinski definition) is 2. The molecule has 1 aliphatic rings. The highest BCUT2D eigenvalue weighted by Crippen LogP contribution is 2.19. The molecule has 1 saturated heterocycles. The normalized spacial score (nSPS) is 14.3. The number of nitrogens with zero attached hydrogens (tertiary/aromatic N) is 6. The van der Waals surface area contributed by atoms with Crippen molar-refractivity contribution in [3.8, 4) is 0 Å². The van der Waals surface area contributed by atoms with Crippen LogP contribution in [0.15, 0.2) is 42.7 Å². The maximum atomic E-state index is 12.6. The van der Waals surface area contributed by atoms with Gasteiger partial charge in [0.1, 0.15) is 11.3 Å². The van der Waals surface area contributed by atoms with Crippen LogP contribution in [-0.4, -0.2) is 67.3 Å². The molecule has 0 radical (unpaired) electrons. The average molecular weight is 418 g/mol. The first-order valence-corrected chi connectivity index (χ1v) is 10.1. The number of nitrogen functional groups attached to an aromatic ring is 1. The molecule has 0 spiro atoms. The number of H-pyrrole nitrogens is 1. The summed E-state index contributed by atoms with van der Waals surface area (Å²) in [5.74, 6) is 0.461. The van der Waals surface area contributed by atoms with Crippen molar-refractivity contribution in [2.75, 3.05) is 32.0 Å². The Morgan fingerprint density at radius 3 is 2.74 bits per heavy atom. The lowest BCUT2D eigenvalue weighted by Crippen LogP contribution is -2.40. The van der Waals surface area contributed by atoms with Crippen molar-refractivity contribution in [3.05, 3.63) is 65.0 Å². The molecule has 3 N–H and O–H groups in total. The molecule has 0 saturated carbocycles. The monoisotopic (exact) mass is 418 g/mol. The van der Waals surface area contributed by atoms with Crippen LogP contribution in [0.5, 0.6) is 0 Å². The van der Waals surface area contributed by atoms with Gasteiger partial charge in [-0.05, 0) is 34.9 Å². The summed E-state index contributed by atoms with van der Waals surface area (Å²) in [7, 11) is 0. The van der Waals surface area contributed by atoms with Crippen molar-refractivity contribution in [1.82, 2.24) is 35.1 Å². The minimum Gasteiger partial charge on any atom is -0.384 e. The molecule has 0 bridgehead atoms. The second kappa shape index (κ2) is 8.15. The molecule has 1 amide bonds. The van der Waals surface area contributed by atoms with Gasteiger partial charge >= 0.3 is 0 Å². The molecule has 158 valence electrons. The van der Waals surface area contributed by atoms with Gasteiger partial charge in [-0.3, -0.25) is 9.48 Å². The van der Waals surface area contributed by atoms with Crippen molar-refractivity contribution in [3.63, 3.8) is 0 Å². The number of anilines is 1. The highest BCUT2D eigenvalue weighted by molar-refractivity contribution is 5.94. The second-order valence-electron chi connectivity index (χ2n) is 7.53. The molecule has 10 heteroatoms. The van der Waals surface area contributed by atoms with Crippen LogP contribution < -0.4 is 5.73 Å². The van der Waals surface area contributed by atoms with Crippen LogP contribution in [0.4, 0.5) is 5.82 Å². The van der Waals surface area contributed by atoms with Crippen molar-refractivity contribution >= 4 is 22.9 Å². The lowest BCUT2D eigenvalue weighted by molar-refractivity contribution is 0.0303. The number of amides is 1. The van der Waals surface area contributed by atoms with Gasteiger partial charge in [-0.2, -0.15) is 15.4 Å². The number of nitrogens with one attached hydrogen (secondary N) is 1. The first-order valence-electron chi connectivity index (χ1n) is 10.1. The standard InChI is InChI=1S/C21H22N8O2/c22-18-10-17(19-20(24-18)26-27-25-19)9-15-11-23-29(13-15)12-14-1-3-16(4-2-14)21(30)28-5-7-31-8-6-28/h1-4,10-11,13H,5-9,12H2,(H3,22,24,25,26,27). The van der Waals surface area contributed by atoms with Crippen molar-refractivity contribution in [1.29, 1.82) is 0 Å². The van der Waals surface area contributed by atoms with Gasteiger partial charge in [0.15, 0.2) is 0 Å². The fraction of sp³-hybridized carbons (Fsp3) is 0.286. The number of carbonyl (C=O) groups excluding carboxylic acids is 1. The van der Waals surface area contributed by atoms with Crippen molar-refractivity contribution < 1.29 is 9.53 Å². The Kier molecular flexibility index (Phi) is 5.04. The van der Waals surface area contributed by atoms with Crippen LogP contribution in [0.3, 0.4) is 0 Å². The molecule has 10 nitrogen and oxygen atoms in total. The summed E-state index contributed by atoms with van der Waals surface area (Å²) in [6.07, 6.45) is 4.46. The fourth-order valence-corrected chi connectivity index (χ4v) is 3.75. The maximum absolute atomic E-state index is 12.6. The molecule has 31 heavy (non-hydrogen) atoms. The van der Waals surface area contributed by atoms with Gasteiger partial charge in [0.2, 0.25) is 5.65 Å². The van der Waals surface area contributed by atoms with Crippen LogP contribution in [-0.2, 0) is 17.7 Å². The Morgan fingerprint density at radius 2 is 1.94 bits per heavy atom. The smallest absolute Gasteiger partial charge is 0.254 e. The third kappa shape index (κ3) is 4.10. The summed E-state index contributed by atoms with van der Waals surface area (Å²) in [6, 6.07) is 9.50. The van der Waals surface area contributed by atoms with E-state index in [1.54, 1.807) is 0 Å². The Morgan fingerprint density at radius 1 is 1.13 bits per heavy atom. The third-order valence-electron chi connectivity index (χ3n) is 5.32. The van der Waals surface area contributed by atoms with E-state index in [1.165, 1.54) is 0 Å². The minimum absolute atomic E-state index is 0.0482. The van der Waals surface area contributed by atoms with Gasteiger partial charge in [0, 0.05) is 31.3 Å². The van der Waals surface area contributed by atoms with E-state index in [1.807, 2.05) is 52.3 Å². The van der Waals surface area contributed by atoms with Gasteiger partial charge in [-0.25, -0.2) is 4.98 Å². The van der Waals surface area contributed by atoms with Gasteiger partial charge in [0.25, 0.3) is 5.91 Å². The molecule has 1 fully saturated rings. The molecular formula is C21H22N8O2. The molecule has 3 aromatic heterocycles. The van der Waals surface area contributed by atoms with Gasteiger partial charge < -0.3 is 15.4 Å². The Hall–Kier alpha value is -3.79. The summed E-state index contributed by atoms with van der Waals surface area (Å²) in [6.45, 7) is 3.09. The van der Waals surface area contributed by atoms with Crippen LogP contribution in [0.2, 0.25) is 0 Å². The number of hydrogen-bond acceptors (Lipinski definition) is 7. The zero-order chi connectivity index (χ0) is 21.2. The third-order valence-corrected chi connectivity index (χ3v) is 5.32. The number of nitrogens with two attached hydrogens (primary N) is 1. The molecule has 0 aliphatic carbocycles. The predicted molar refractivity (Wildman–Crippen MR) is 113 cm³/mol. The van der Waals surface area contributed by atoms with Crippen LogP contribution >= 0.6 is 0 Å². The van der Waals surface area contributed by atoms with Crippen molar-refractivity contribution in [2.24, 2.45) is 0 Å². The summed E-state index contributed by atoms with van der Waals surface area (Å²) in [5.41, 5.74) is 10.8. The summed E-state index contributed by atoms with van der Waals surface area (Å²) >= 11 is 0. The number of pyridine rings is 1. The van der Waals surface area contributed by atoms with E-state index >= 15 is 0 Å². The molecule has 0 atom stereocenters. The van der Waals surface area contributed by atoms with E-state index < -0.39 is 0 Å². The number of morpholine rings is 1. The summed E-state index contributed by atoms with van der Waals surface area (Å²) in [4.78, 5) is 18.6. The second-order valence-corrected chi connectivity index (χ2v) is 7.53. The lowest BCUT2D eigenvalue weighted by atomic mass is 10.1. The van der Waals surface area contributed by atoms with E-state index in [4.69, 9.17) is 10.5 Å². The Labute approximate surface area is 178 Å². The SMILES string of the molecule is Nc1cc(Cc2cnn(Cc3ccc(C(=O)N4CCOCC4)cc3)c2)c2n[nH]nc2n1. The maximum Gasteiger partial charge on any atom is 0.254 e. The molecule has 4 aromatic rings. The van der Waals surface area contributed by atoms with E-state index in [-0.39, 0.29) is 5.91 Å². The number of benzene rings is 1. The number of fused-ring (bicyclic) bond motifs is 1. The lowest BCUT2D eigenvalue weighted by Gasteiger charge is -2.26. The summed E-state index contributed by atoms with van der Waals surface area (Å²) in [5, 5.41) is 15.2. The molecular weight excluding hydrogens is 396 g/mol. The van der Waals surface area contributed by atoms with Crippen LogP contribution in [0.25, 0.3) is 11.2 Å². The average Bonchev–Trinajstić information content (AvgIpc) is 3.44. The van der Waals surface area contributed by atoms with Crippen LogP contribution in [0.1, 0.15) is 27.0 Å². The fourth-order valence-electron chi connectivity index (χ4n) is 3.75. The zero-order valence-electron chi connectivity index (χ0n) is 16.9. The number of aromatic nitrogens is 6. The van der Waals surface area contributed by atoms with Crippen LogP contribution in [0, 0.1) is 0 Å². The Balaban J connectivity index is 1.26. The number of aromatic amines is 1. The molecule has 0 unspecified atom stereocenters. The highest BCUT2D eigenvalue weighted by Gasteiger charge is 2.18. The Bertz CT molecular complexity index is 1210. The molecule has 1 aromatic carbocycles. The highest BCUT2D eigenvalue weighted by atomic mass is 16.5. The first-order chi connectivity index (χ1) is 15.2. The van der Waals surface area contributed by atoms with Gasteiger partial charge in [-0.1, -0.05) is 12.1 Å². The molecule has 4 heterocycles. The number of carbonyl (C=O) groups is 1. The summed E-state index contributed by atoms with van der Waals surface area (Å²) < 4.78 is 7.19. The van der Waals surface area contributed by atoms with Gasteiger partial charge in [0.05, 0.1) is 26.0 Å². The predicted octanol–water partition coefficient (Wildman–Crippen LogP) is 1.24. The zero-order valence-corrected chi connectivity index (χ0v) is 16.9. The number of rotatable bonds is 5. The van der Waals surface area contributed by atoms with Crippen molar-refractivity contribution in [2.45, 2.75) is 13.0 Å². The van der Waals surface area contributed by atoms with E-state index in [2.05, 4.69) is 25.5 Å². The first kappa shape index (κ1) is 19.2. The minimum atomic E-state index is 0.0482. The topological polar surface area (TPSA) is 128 Å².